The van der Waals surface area contributed by atoms with Gasteiger partial charge in [0, 0.05) is 36.2 Å². The summed E-state index contributed by atoms with van der Waals surface area (Å²) in [5.41, 5.74) is 2.12. The van der Waals surface area contributed by atoms with Crippen LogP contribution in [0.15, 0.2) is 18.2 Å². The maximum Gasteiger partial charge on any atom is 0.220 e. The van der Waals surface area contributed by atoms with E-state index in [0.717, 1.165) is 53.9 Å². The van der Waals surface area contributed by atoms with Crippen molar-refractivity contribution in [3.05, 3.63) is 23.9 Å². The summed E-state index contributed by atoms with van der Waals surface area (Å²) in [6, 6.07) is 5.94. The zero-order valence-electron chi connectivity index (χ0n) is 14.7. The van der Waals surface area contributed by atoms with Gasteiger partial charge in [-0.05, 0) is 38.9 Å². The van der Waals surface area contributed by atoms with E-state index in [9.17, 15) is 4.79 Å². The molecule has 2 aromatic rings. The minimum Gasteiger partial charge on any atom is -0.497 e. The minimum atomic E-state index is 0.119. The van der Waals surface area contributed by atoms with Crippen LogP contribution in [0.5, 0.6) is 11.5 Å². The molecule has 0 aliphatic carbocycles. The van der Waals surface area contributed by atoms with E-state index in [4.69, 9.17) is 9.47 Å². The van der Waals surface area contributed by atoms with Crippen molar-refractivity contribution < 1.29 is 14.3 Å². The van der Waals surface area contributed by atoms with Crippen molar-refractivity contribution in [2.75, 3.05) is 34.4 Å². The van der Waals surface area contributed by atoms with Crippen LogP contribution in [-0.4, -0.2) is 45.2 Å². The van der Waals surface area contributed by atoms with Crippen molar-refractivity contribution in [3.8, 4) is 11.5 Å². The highest BCUT2D eigenvalue weighted by Crippen LogP contribution is 2.31. The fraction of sp³-hybridized carbons (Fsp3) is 0.500. The number of aromatic nitrogens is 1. The second-order valence-corrected chi connectivity index (χ2v) is 5.75. The monoisotopic (exact) mass is 333 g/mol. The number of fused-ring (bicyclic) bond motifs is 1. The maximum atomic E-state index is 11.6. The quantitative estimate of drug-likeness (QED) is 0.583. The molecule has 0 spiro atoms. The highest BCUT2D eigenvalue weighted by molar-refractivity contribution is 5.88. The van der Waals surface area contributed by atoms with Crippen LogP contribution >= 0.6 is 0 Å². The van der Waals surface area contributed by atoms with Crippen LogP contribution in [-0.2, 0) is 11.2 Å². The van der Waals surface area contributed by atoms with Crippen LogP contribution in [0.25, 0.3) is 10.9 Å². The Morgan fingerprint density at radius 3 is 2.67 bits per heavy atom. The molecule has 6 heteroatoms. The fourth-order valence-corrected chi connectivity index (χ4v) is 2.68. The number of methoxy groups -OCH3 is 2. The smallest absolute Gasteiger partial charge is 0.220 e. The molecule has 1 aromatic carbocycles. The summed E-state index contributed by atoms with van der Waals surface area (Å²) in [7, 11) is 5.19. The molecule has 0 saturated carbocycles. The lowest BCUT2D eigenvalue weighted by Crippen LogP contribution is -2.25. The minimum absolute atomic E-state index is 0.119. The van der Waals surface area contributed by atoms with Crippen LogP contribution in [0.1, 0.15) is 25.0 Å². The van der Waals surface area contributed by atoms with E-state index in [0.29, 0.717) is 13.0 Å². The third-order valence-corrected chi connectivity index (χ3v) is 3.96. The Kier molecular flexibility index (Phi) is 6.93. The summed E-state index contributed by atoms with van der Waals surface area (Å²) in [6.45, 7) is 1.56. The standard InChI is InChI=1S/C18H27N3O3/c1-19-8-5-7-18(22)20-9-4-6-13-10-15-16(21-13)11-14(23-2)12-17(15)24-3/h10-12,19,21H,4-9H2,1-3H3,(H,20,22). The van der Waals surface area contributed by atoms with Crippen molar-refractivity contribution in [3.63, 3.8) is 0 Å². The summed E-state index contributed by atoms with van der Waals surface area (Å²) in [5, 5.41) is 7.05. The van der Waals surface area contributed by atoms with E-state index < -0.39 is 0 Å². The normalized spacial score (nSPS) is 10.8. The first-order valence-electron chi connectivity index (χ1n) is 8.33. The number of nitrogens with one attached hydrogen (secondary N) is 3. The molecule has 0 saturated heterocycles. The Hall–Kier alpha value is -2.21. The molecule has 1 aromatic heterocycles. The summed E-state index contributed by atoms with van der Waals surface area (Å²) in [5.74, 6) is 1.68. The maximum absolute atomic E-state index is 11.6. The molecule has 2 rings (SSSR count). The zero-order valence-corrected chi connectivity index (χ0v) is 14.7. The first-order valence-corrected chi connectivity index (χ1v) is 8.33. The first kappa shape index (κ1) is 18.1. The molecule has 0 unspecified atom stereocenters. The summed E-state index contributed by atoms with van der Waals surface area (Å²) in [4.78, 5) is 15.0. The molecule has 0 atom stereocenters. The van der Waals surface area contributed by atoms with Crippen molar-refractivity contribution in [2.45, 2.75) is 25.7 Å². The van der Waals surface area contributed by atoms with Crippen molar-refractivity contribution >= 4 is 16.8 Å². The fourth-order valence-electron chi connectivity index (χ4n) is 2.68. The van der Waals surface area contributed by atoms with Gasteiger partial charge in [0.1, 0.15) is 11.5 Å². The van der Waals surface area contributed by atoms with Gasteiger partial charge in [-0.1, -0.05) is 0 Å². The van der Waals surface area contributed by atoms with E-state index in [1.54, 1.807) is 14.2 Å². The highest BCUT2D eigenvalue weighted by atomic mass is 16.5. The third-order valence-electron chi connectivity index (χ3n) is 3.96. The van der Waals surface area contributed by atoms with Gasteiger partial charge in [0.25, 0.3) is 0 Å². The Balaban J connectivity index is 1.86. The lowest BCUT2D eigenvalue weighted by Gasteiger charge is -2.04. The zero-order chi connectivity index (χ0) is 17.4. The average Bonchev–Trinajstić information content (AvgIpc) is 3.00. The van der Waals surface area contributed by atoms with E-state index in [2.05, 4.69) is 21.7 Å². The van der Waals surface area contributed by atoms with Gasteiger partial charge in [0.15, 0.2) is 0 Å². The van der Waals surface area contributed by atoms with Gasteiger partial charge in [0.2, 0.25) is 5.91 Å². The Morgan fingerprint density at radius 1 is 1.12 bits per heavy atom. The number of hydrogen-bond donors (Lipinski definition) is 3. The number of rotatable bonds is 10. The van der Waals surface area contributed by atoms with Crippen molar-refractivity contribution in [1.82, 2.24) is 15.6 Å². The predicted octanol–water partition coefficient (Wildman–Crippen LogP) is 2.23. The number of carbonyl (C=O) groups excluding carboxylic acids is 1. The highest BCUT2D eigenvalue weighted by Gasteiger charge is 2.09. The molecule has 1 heterocycles. The molecular weight excluding hydrogens is 306 g/mol. The molecule has 0 aliphatic heterocycles. The average molecular weight is 333 g/mol. The van der Waals surface area contributed by atoms with E-state index >= 15 is 0 Å². The summed E-state index contributed by atoms with van der Waals surface area (Å²) < 4.78 is 10.7. The number of benzene rings is 1. The predicted molar refractivity (Wildman–Crippen MR) is 95.9 cm³/mol. The van der Waals surface area contributed by atoms with E-state index in [-0.39, 0.29) is 5.91 Å². The molecule has 0 radical (unpaired) electrons. The van der Waals surface area contributed by atoms with E-state index in [1.165, 1.54) is 0 Å². The van der Waals surface area contributed by atoms with Crippen LogP contribution in [0, 0.1) is 0 Å². The Morgan fingerprint density at radius 2 is 1.96 bits per heavy atom. The summed E-state index contributed by atoms with van der Waals surface area (Å²) in [6.07, 6.45) is 3.21. The van der Waals surface area contributed by atoms with Gasteiger partial charge in [-0.25, -0.2) is 0 Å². The molecule has 0 aliphatic rings. The first-order chi connectivity index (χ1) is 11.7. The summed E-state index contributed by atoms with van der Waals surface area (Å²) >= 11 is 0. The van der Waals surface area contributed by atoms with Gasteiger partial charge in [0.05, 0.1) is 19.7 Å². The molecule has 1 amide bonds. The molecule has 3 N–H and O–H groups in total. The van der Waals surface area contributed by atoms with Crippen LogP contribution in [0.3, 0.4) is 0 Å². The number of amides is 1. The molecule has 132 valence electrons. The molecule has 6 nitrogen and oxygen atoms in total. The van der Waals surface area contributed by atoms with Gasteiger partial charge >= 0.3 is 0 Å². The molecule has 0 fully saturated rings. The molecule has 0 bridgehead atoms. The number of aromatic amines is 1. The largest absolute Gasteiger partial charge is 0.497 e. The van der Waals surface area contributed by atoms with E-state index in [1.807, 2.05) is 19.2 Å². The molecular formula is C18H27N3O3. The van der Waals surface area contributed by atoms with Gasteiger partial charge in [-0.2, -0.15) is 0 Å². The van der Waals surface area contributed by atoms with Gasteiger partial charge < -0.3 is 25.1 Å². The van der Waals surface area contributed by atoms with Crippen molar-refractivity contribution in [1.29, 1.82) is 0 Å². The lowest BCUT2D eigenvalue weighted by atomic mass is 10.2. The number of carbonyl (C=O) groups is 1. The van der Waals surface area contributed by atoms with Gasteiger partial charge in [-0.15, -0.1) is 0 Å². The number of hydrogen-bond acceptors (Lipinski definition) is 4. The Bertz CT molecular complexity index is 667. The Labute approximate surface area is 142 Å². The van der Waals surface area contributed by atoms with Gasteiger partial charge in [-0.3, -0.25) is 4.79 Å². The number of ether oxygens (including phenoxy) is 2. The van der Waals surface area contributed by atoms with Crippen LogP contribution < -0.4 is 20.1 Å². The second kappa shape index (κ2) is 9.17. The number of aryl methyl sites for hydroxylation is 1. The lowest BCUT2D eigenvalue weighted by molar-refractivity contribution is -0.121. The SMILES string of the molecule is CNCCCC(=O)NCCCc1cc2c(OC)cc(OC)cc2[nH]1. The second-order valence-electron chi connectivity index (χ2n) is 5.75. The molecule has 24 heavy (non-hydrogen) atoms. The third kappa shape index (κ3) is 4.89. The topological polar surface area (TPSA) is 75.4 Å². The van der Waals surface area contributed by atoms with Crippen LogP contribution in [0.2, 0.25) is 0 Å². The number of H-pyrrole nitrogens is 1. The van der Waals surface area contributed by atoms with Crippen molar-refractivity contribution in [2.24, 2.45) is 0 Å². The van der Waals surface area contributed by atoms with Crippen LogP contribution in [0.4, 0.5) is 0 Å².